The fourth-order valence-corrected chi connectivity index (χ4v) is 3.18. The van der Waals surface area contributed by atoms with Gasteiger partial charge in [-0.15, -0.1) is 0 Å². The van der Waals surface area contributed by atoms with Gasteiger partial charge in [-0.05, 0) is 43.0 Å². The zero-order chi connectivity index (χ0) is 14.4. The molecule has 0 bridgehead atoms. The van der Waals surface area contributed by atoms with E-state index in [-0.39, 0.29) is 0 Å². The van der Waals surface area contributed by atoms with Gasteiger partial charge in [0.05, 0.1) is 11.3 Å². The van der Waals surface area contributed by atoms with E-state index in [1.807, 2.05) is 24.3 Å². The normalized spacial score (nSPS) is 21.2. The van der Waals surface area contributed by atoms with Crippen molar-refractivity contribution in [2.45, 2.75) is 25.0 Å². The van der Waals surface area contributed by atoms with Gasteiger partial charge < -0.3 is 9.52 Å². The number of halogens is 1. The van der Waals surface area contributed by atoms with Crippen molar-refractivity contribution in [2.75, 3.05) is 13.1 Å². The third-order valence-corrected chi connectivity index (χ3v) is 4.61. The van der Waals surface area contributed by atoms with Crippen molar-refractivity contribution < 1.29 is 9.52 Å². The Balaban J connectivity index is 1.40. The van der Waals surface area contributed by atoms with Gasteiger partial charge in [0.1, 0.15) is 6.26 Å². The standard InChI is InChI=1S/C16H17ClN2O2/c17-13-5-1-11(2-6-13)15-18-14(8-21-15)7-19-9-16(20,10-19)12-3-4-12/h1-2,5-6,8,12,20H,3-4,7,9-10H2. The largest absolute Gasteiger partial charge is 0.444 e. The van der Waals surface area contributed by atoms with Crippen LogP contribution in [0, 0.1) is 5.92 Å². The number of β-amino-alcohol motifs (C(OH)–C–C–N with tert-alkyl or cyclic N) is 1. The summed E-state index contributed by atoms with van der Waals surface area (Å²) in [6.45, 7) is 2.23. The van der Waals surface area contributed by atoms with Gasteiger partial charge in [-0.1, -0.05) is 11.6 Å². The molecule has 2 fully saturated rings. The number of oxazole rings is 1. The van der Waals surface area contributed by atoms with E-state index in [4.69, 9.17) is 16.0 Å². The Hall–Kier alpha value is -1.36. The van der Waals surface area contributed by atoms with E-state index in [1.165, 1.54) is 12.8 Å². The van der Waals surface area contributed by atoms with Gasteiger partial charge in [0.15, 0.2) is 0 Å². The summed E-state index contributed by atoms with van der Waals surface area (Å²) >= 11 is 5.88. The number of aromatic nitrogens is 1. The van der Waals surface area contributed by atoms with Crippen molar-refractivity contribution in [3.8, 4) is 11.5 Å². The highest BCUT2D eigenvalue weighted by atomic mass is 35.5. The average Bonchev–Trinajstić information content (AvgIpc) is 3.19. The van der Waals surface area contributed by atoms with Crippen molar-refractivity contribution in [1.82, 2.24) is 9.88 Å². The lowest BCUT2D eigenvalue weighted by atomic mass is 9.89. The Labute approximate surface area is 128 Å². The smallest absolute Gasteiger partial charge is 0.226 e. The Kier molecular flexibility index (Phi) is 3.06. The van der Waals surface area contributed by atoms with Crippen molar-refractivity contribution in [3.05, 3.63) is 41.2 Å². The van der Waals surface area contributed by atoms with Gasteiger partial charge in [0, 0.05) is 30.2 Å². The van der Waals surface area contributed by atoms with Crippen molar-refractivity contribution in [2.24, 2.45) is 5.92 Å². The molecule has 0 unspecified atom stereocenters. The number of benzene rings is 1. The van der Waals surface area contributed by atoms with E-state index < -0.39 is 5.60 Å². The number of hydrogen-bond acceptors (Lipinski definition) is 4. The van der Waals surface area contributed by atoms with E-state index in [2.05, 4.69) is 9.88 Å². The van der Waals surface area contributed by atoms with E-state index >= 15 is 0 Å². The van der Waals surface area contributed by atoms with E-state index in [9.17, 15) is 5.11 Å². The van der Waals surface area contributed by atoms with Crippen LogP contribution in [0.2, 0.25) is 5.02 Å². The quantitative estimate of drug-likeness (QED) is 0.943. The first-order chi connectivity index (χ1) is 10.1. The maximum atomic E-state index is 10.3. The first-order valence-corrected chi connectivity index (χ1v) is 7.65. The second kappa shape index (κ2) is 4.83. The van der Waals surface area contributed by atoms with Crippen LogP contribution >= 0.6 is 11.6 Å². The van der Waals surface area contributed by atoms with Gasteiger partial charge in [-0.25, -0.2) is 4.98 Å². The Morgan fingerprint density at radius 2 is 2.00 bits per heavy atom. The molecule has 0 radical (unpaired) electrons. The van der Waals surface area contributed by atoms with Crippen molar-refractivity contribution in [3.63, 3.8) is 0 Å². The summed E-state index contributed by atoms with van der Waals surface area (Å²) < 4.78 is 5.53. The molecule has 4 rings (SSSR count). The zero-order valence-electron chi connectivity index (χ0n) is 11.6. The van der Waals surface area contributed by atoms with Crippen LogP contribution in [0.3, 0.4) is 0 Å². The third kappa shape index (κ3) is 2.59. The molecule has 1 saturated carbocycles. The monoisotopic (exact) mass is 304 g/mol. The van der Waals surface area contributed by atoms with Gasteiger partial charge in [0.2, 0.25) is 5.89 Å². The molecule has 110 valence electrons. The van der Waals surface area contributed by atoms with Crippen LogP contribution in [-0.2, 0) is 6.54 Å². The number of hydrogen-bond donors (Lipinski definition) is 1. The molecule has 2 heterocycles. The molecular weight excluding hydrogens is 288 g/mol. The Morgan fingerprint density at radius 3 is 2.67 bits per heavy atom. The maximum Gasteiger partial charge on any atom is 0.226 e. The Bertz CT molecular complexity index is 643. The van der Waals surface area contributed by atoms with Crippen LogP contribution in [-0.4, -0.2) is 33.7 Å². The van der Waals surface area contributed by atoms with Crippen LogP contribution in [0.5, 0.6) is 0 Å². The molecule has 0 atom stereocenters. The molecule has 1 aromatic carbocycles. The van der Waals surface area contributed by atoms with Crippen LogP contribution in [0.1, 0.15) is 18.5 Å². The highest BCUT2D eigenvalue weighted by Crippen LogP contribution is 2.44. The maximum absolute atomic E-state index is 10.3. The summed E-state index contributed by atoms with van der Waals surface area (Å²) in [5.41, 5.74) is 1.38. The second-order valence-corrected chi connectivity index (χ2v) is 6.61. The minimum absolute atomic E-state index is 0.442. The number of nitrogens with zero attached hydrogens (tertiary/aromatic N) is 2. The summed E-state index contributed by atoms with van der Waals surface area (Å²) in [5.74, 6) is 1.13. The van der Waals surface area contributed by atoms with Gasteiger partial charge >= 0.3 is 0 Å². The molecule has 1 saturated heterocycles. The minimum atomic E-state index is -0.442. The topological polar surface area (TPSA) is 49.5 Å². The molecule has 1 aliphatic heterocycles. The van der Waals surface area contributed by atoms with Crippen LogP contribution in [0.25, 0.3) is 11.5 Å². The third-order valence-electron chi connectivity index (χ3n) is 4.36. The van der Waals surface area contributed by atoms with Gasteiger partial charge in [0.25, 0.3) is 0 Å². The first-order valence-electron chi connectivity index (χ1n) is 7.27. The van der Waals surface area contributed by atoms with Gasteiger partial charge in [-0.3, -0.25) is 4.90 Å². The second-order valence-electron chi connectivity index (χ2n) is 6.17. The molecule has 0 amide bonds. The summed E-state index contributed by atoms with van der Waals surface area (Å²) in [7, 11) is 0. The van der Waals surface area contributed by atoms with Gasteiger partial charge in [-0.2, -0.15) is 0 Å². The lowest BCUT2D eigenvalue weighted by molar-refractivity contribution is -0.117. The summed E-state index contributed by atoms with van der Waals surface area (Å²) in [6.07, 6.45) is 4.04. The molecule has 4 nitrogen and oxygen atoms in total. The SMILES string of the molecule is OC1(C2CC2)CN(Cc2coc(-c3ccc(Cl)cc3)n2)C1. The van der Waals surface area contributed by atoms with E-state index in [1.54, 1.807) is 6.26 Å². The number of aliphatic hydroxyl groups is 1. The highest BCUT2D eigenvalue weighted by Gasteiger charge is 2.51. The van der Waals surface area contributed by atoms with Crippen LogP contribution in [0.15, 0.2) is 34.9 Å². The molecule has 1 aromatic heterocycles. The molecule has 2 aromatic rings. The predicted octanol–water partition coefficient (Wildman–Crippen LogP) is 2.95. The lowest BCUT2D eigenvalue weighted by Gasteiger charge is -2.46. The number of rotatable bonds is 4. The summed E-state index contributed by atoms with van der Waals surface area (Å²) in [5, 5.41) is 11.0. The molecule has 1 aliphatic carbocycles. The Morgan fingerprint density at radius 1 is 1.29 bits per heavy atom. The molecule has 21 heavy (non-hydrogen) atoms. The zero-order valence-corrected chi connectivity index (χ0v) is 12.4. The summed E-state index contributed by atoms with van der Waals surface area (Å²) in [4.78, 5) is 6.72. The van der Waals surface area contributed by atoms with Crippen LogP contribution in [0.4, 0.5) is 0 Å². The predicted molar refractivity (Wildman–Crippen MR) is 79.9 cm³/mol. The highest BCUT2D eigenvalue weighted by molar-refractivity contribution is 6.30. The molecular formula is C16H17ClN2O2. The lowest BCUT2D eigenvalue weighted by Crippen LogP contribution is -2.62. The first kappa shape index (κ1) is 13.3. The minimum Gasteiger partial charge on any atom is -0.444 e. The molecule has 1 N–H and O–H groups in total. The summed E-state index contributed by atoms with van der Waals surface area (Å²) in [6, 6.07) is 7.44. The molecule has 5 heteroatoms. The van der Waals surface area contributed by atoms with Crippen LogP contribution < -0.4 is 0 Å². The molecule has 2 aliphatic rings. The van der Waals surface area contributed by atoms with Crippen molar-refractivity contribution >= 4 is 11.6 Å². The van der Waals surface area contributed by atoms with Crippen molar-refractivity contribution in [1.29, 1.82) is 0 Å². The van der Waals surface area contributed by atoms with E-state index in [0.29, 0.717) is 16.8 Å². The number of likely N-dealkylation sites (tertiary alicyclic amines) is 1. The molecule has 0 spiro atoms. The fourth-order valence-electron chi connectivity index (χ4n) is 3.05. The van der Waals surface area contributed by atoms with E-state index in [0.717, 1.165) is 30.9 Å². The average molecular weight is 305 g/mol. The fraction of sp³-hybridized carbons (Fsp3) is 0.438.